The van der Waals surface area contributed by atoms with Gasteiger partial charge in [0, 0.05) is 39.3 Å². The molecular weight excluding hydrogens is 369 g/mol. The van der Waals surface area contributed by atoms with Crippen molar-refractivity contribution >= 4 is 30.7 Å². The minimum Gasteiger partial charge on any atom is -0.342 e. The third-order valence-corrected chi connectivity index (χ3v) is 5.87. The first kappa shape index (κ1) is 25.2. The molecule has 1 aromatic rings. The first-order valence-corrected chi connectivity index (χ1v) is 9.30. The van der Waals surface area contributed by atoms with Gasteiger partial charge in [0.2, 0.25) is 5.91 Å². The van der Waals surface area contributed by atoms with Gasteiger partial charge in [-0.1, -0.05) is 44.2 Å². The summed E-state index contributed by atoms with van der Waals surface area (Å²) in [7, 11) is 1.97. The lowest BCUT2D eigenvalue weighted by Gasteiger charge is -2.41. The highest BCUT2D eigenvalue weighted by atomic mass is 35.5. The number of carbonyl (C=O) groups is 1. The second-order valence-corrected chi connectivity index (χ2v) is 7.10. The van der Waals surface area contributed by atoms with Crippen LogP contribution in [0.5, 0.6) is 0 Å². The van der Waals surface area contributed by atoms with Gasteiger partial charge in [-0.05, 0) is 31.2 Å². The van der Waals surface area contributed by atoms with Gasteiger partial charge in [-0.25, -0.2) is 0 Å². The summed E-state index contributed by atoms with van der Waals surface area (Å²) in [6.07, 6.45) is 3.72. The first-order chi connectivity index (χ1) is 11.6. The van der Waals surface area contributed by atoms with E-state index < -0.39 is 0 Å². The van der Waals surface area contributed by atoms with Crippen LogP contribution in [0.2, 0.25) is 0 Å². The molecule has 1 amide bonds. The third-order valence-electron chi connectivity index (χ3n) is 5.87. The summed E-state index contributed by atoms with van der Waals surface area (Å²) in [5, 5.41) is 0. The molecule has 1 heterocycles. The zero-order valence-electron chi connectivity index (χ0n) is 16.3. The van der Waals surface area contributed by atoms with E-state index in [4.69, 9.17) is 5.73 Å². The Bertz CT molecular complexity index is 507. The van der Waals surface area contributed by atoms with Crippen LogP contribution in [0.4, 0.5) is 0 Å². The molecule has 0 spiro atoms. The average molecular weight is 404 g/mol. The van der Waals surface area contributed by atoms with E-state index in [1.807, 2.05) is 11.9 Å². The number of hydrogen-bond donors (Lipinski definition) is 1. The Morgan fingerprint density at radius 2 is 1.69 bits per heavy atom. The predicted octanol–water partition coefficient (Wildman–Crippen LogP) is 3.72. The number of benzene rings is 1. The molecular formula is C20H35Cl2N3O. The van der Waals surface area contributed by atoms with Gasteiger partial charge in [0.15, 0.2) is 0 Å². The van der Waals surface area contributed by atoms with Crippen LogP contribution in [0.25, 0.3) is 0 Å². The molecule has 0 bridgehead atoms. The molecule has 4 nitrogen and oxygen atoms in total. The molecule has 2 N–H and O–H groups in total. The smallest absolute Gasteiger partial charge is 0.230 e. The second-order valence-electron chi connectivity index (χ2n) is 7.10. The minimum atomic E-state index is -0.379. The Balaban J connectivity index is 0.00000312. The molecule has 0 saturated carbocycles. The maximum absolute atomic E-state index is 13.0. The van der Waals surface area contributed by atoms with Gasteiger partial charge >= 0.3 is 0 Å². The maximum atomic E-state index is 13.0. The van der Waals surface area contributed by atoms with E-state index in [-0.39, 0.29) is 36.1 Å². The first-order valence-electron chi connectivity index (χ1n) is 9.30. The number of likely N-dealkylation sites (tertiary alicyclic amines) is 1. The molecule has 2 rings (SSSR count). The summed E-state index contributed by atoms with van der Waals surface area (Å²) < 4.78 is 0. The summed E-state index contributed by atoms with van der Waals surface area (Å²) in [4.78, 5) is 17.4. The zero-order chi connectivity index (χ0) is 17.6. The van der Waals surface area contributed by atoms with E-state index in [0.717, 1.165) is 45.3 Å². The minimum absolute atomic E-state index is 0. The Morgan fingerprint density at radius 3 is 2.15 bits per heavy atom. The van der Waals surface area contributed by atoms with Crippen molar-refractivity contribution in [2.24, 2.45) is 11.1 Å². The number of rotatable bonds is 7. The summed E-state index contributed by atoms with van der Waals surface area (Å²) in [6, 6.07) is 10.9. The van der Waals surface area contributed by atoms with E-state index in [0.29, 0.717) is 12.6 Å². The van der Waals surface area contributed by atoms with Crippen LogP contribution in [0.1, 0.15) is 45.1 Å². The van der Waals surface area contributed by atoms with E-state index in [9.17, 15) is 4.79 Å². The van der Waals surface area contributed by atoms with Crippen LogP contribution in [-0.2, 0) is 11.3 Å². The van der Waals surface area contributed by atoms with Gasteiger partial charge in [0.25, 0.3) is 0 Å². The van der Waals surface area contributed by atoms with Gasteiger partial charge < -0.3 is 10.6 Å². The molecule has 0 aromatic heterocycles. The maximum Gasteiger partial charge on any atom is 0.230 e. The van der Waals surface area contributed by atoms with Crippen LogP contribution >= 0.6 is 24.8 Å². The fourth-order valence-corrected chi connectivity index (χ4v) is 3.77. The van der Waals surface area contributed by atoms with Gasteiger partial charge in [-0.3, -0.25) is 9.69 Å². The molecule has 0 radical (unpaired) electrons. The molecule has 0 unspecified atom stereocenters. The van der Waals surface area contributed by atoms with Crippen molar-refractivity contribution in [1.82, 2.24) is 9.80 Å². The van der Waals surface area contributed by atoms with Crippen molar-refractivity contribution < 1.29 is 4.79 Å². The number of hydrogen-bond acceptors (Lipinski definition) is 3. The topological polar surface area (TPSA) is 49.6 Å². The van der Waals surface area contributed by atoms with Crippen molar-refractivity contribution in [3.05, 3.63) is 35.9 Å². The molecule has 6 heteroatoms. The molecule has 150 valence electrons. The van der Waals surface area contributed by atoms with Crippen LogP contribution in [0, 0.1) is 5.41 Å². The standard InChI is InChI=1S/C20H33N3O.2ClH/c1-4-20(5-2,16-21)19(24)22(3)18-11-13-23(14-12-18)15-17-9-7-6-8-10-17;;/h6-10,18H,4-5,11-16,21H2,1-3H3;2*1H. The molecule has 1 aliphatic rings. The second kappa shape index (κ2) is 11.8. The van der Waals surface area contributed by atoms with Crippen LogP contribution in [0.3, 0.4) is 0 Å². The normalized spacial score (nSPS) is 15.7. The lowest BCUT2D eigenvalue weighted by molar-refractivity contribution is -0.144. The Hall–Kier alpha value is -0.810. The van der Waals surface area contributed by atoms with Gasteiger partial charge in [0.1, 0.15) is 0 Å². The Kier molecular flexibility index (Phi) is 11.4. The highest BCUT2D eigenvalue weighted by molar-refractivity contribution is 5.85. The third kappa shape index (κ3) is 5.85. The van der Waals surface area contributed by atoms with Crippen molar-refractivity contribution in [3.8, 4) is 0 Å². The van der Waals surface area contributed by atoms with Crippen LogP contribution in [0.15, 0.2) is 30.3 Å². The fourth-order valence-electron chi connectivity index (χ4n) is 3.77. The lowest BCUT2D eigenvalue weighted by Crippen LogP contribution is -2.52. The number of nitrogens with zero attached hydrogens (tertiary/aromatic N) is 2. The number of piperidine rings is 1. The molecule has 1 aromatic carbocycles. The van der Waals surface area contributed by atoms with E-state index >= 15 is 0 Å². The summed E-state index contributed by atoms with van der Waals surface area (Å²) in [5.74, 6) is 0.233. The SMILES string of the molecule is CCC(CC)(CN)C(=O)N(C)C1CCN(Cc2ccccc2)CC1.Cl.Cl. The highest BCUT2D eigenvalue weighted by Gasteiger charge is 2.38. The van der Waals surface area contributed by atoms with E-state index in [1.165, 1.54) is 5.56 Å². The molecule has 1 saturated heterocycles. The highest BCUT2D eigenvalue weighted by Crippen LogP contribution is 2.29. The van der Waals surface area contributed by atoms with E-state index in [2.05, 4.69) is 49.1 Å². The van der Waals surface area contributed by atoms with Gasteiger partial charge in [0.05, 0.1) is 5.41 Å². The predicted molar refractivity (Wildman–Crippen MR) is 114 cm³/mol. The van der Waals surface area contributed by atoms with Gasteiger partial charge in [-0.2, -0.15) is 0 Å². The quantitative estimate of drug-likeness (QED) is 0.754. The molecule has 0 atom stereocenters. The number of carbonyl (C=O) groups excluding carboxylic acids is 1. The molecule has 1 aliphatic heterocycles. The average Bonchev–Trinajstić information content (AvgIpc) is 2.64. The lowest BCUT2D eigenvalue weighted by atomic mass is 9.80. The van der Waals surface area contributed by atoms with Gasteiger partial charge in [-0.15, -0.1) is 24.8 Å². The largest absolute Gasteiger partial charge is 0.342 e. The number of nitrogens with two attached hydrogens (primary N) is 1. The van der Waals surface area contributed by atoms with Crippen LogP contribution in [-0.4, -0.2) is 48.4 Å². The Morgan fingerprint density at radius 1 is 1.15 bits per heavy atom. The van der Waals surface area contributed by atoms with Crippen molar-refractivity contribution in [3.63, 3.8) is 0 Å². The van der Waals surface area contributed by atoms with Crippen LogP contribution < -0.4 is 5.73 Å². The molecule has 26 heavy (non-hydrogen) atoms. The van der Waals surface area contributed by atoms with E-state index in [1.54, 1.807) is 0 Å². The Labute approximate surface area is 171 Å². The van der Waals surface area contributed by atoms with Crippen molar-refractivity contribution in [1.29, 1.82) is 0 Å². The fraction of sp³-hybridized carbons (Fsp3) is 0.650. The number of halogens is 2. The number of amides is 1. The summed E-state index contributed by atoms with van der Waals surface area (Å²) in [5.41, 5.74) is 6.93. The summed E-state index contributed by atoms with van der Waals surface area (Å²) >= 11 is 0. The molecule has 0 aliphatic carbocycles. The zero-order valence-corrected chi connectivity index (χ0v) is 18.0. The monoisotopic (exact) mass is 403 g/mol. The summed E-state index contributed by atoms with van der Waals surface area (Å²) in [6.45, 7) is 7.68. The van der Waals surface area contributed by atoms with Crippen molar-refractivity contribution in [2.75, 3.05) is 26.7 Å². The molecule has 1 fully saturated rings. The van der Waals surface area contributed by atoms with Crippen molar-refractivity contribution in [2.45, 2.75) is 52.1 Å².